The van der Waals surface area contributed by atoms with E-state index in [1.165, 1.54) is 17.8 Å². The normalized spacial score (nSPS) is 11.6. The maximum absolute atomic E-state index is 13.4. The van der Waals surface area contributed by atoms with E-state index in [9.17, 15) is 12.8 Å². The Bertz CT molecular complexity index is 748. The van der Waals surface area contributed by atoms with Gasteiger partial charge in [-0.15, -0.1) is 0 Å². The van der Waals surface area contributed by atoms with Crippen LogP contribution in [0.2, 0.25) is 0 Å². The number of benzene rings is 2. The van der Waals surface area contributed by atoms with Gasteiger partial charge in [0.15, 0.2) is 0 Å². The summed E-state index contributed by atoms with van der Waals surface area (Å²) < 4.78 is 40.1. The zero-order valence-electron chi connectivity index (χ0n) is 13.0. The Kier molecular flexibility index (Phi) is 6.62. The Hall–Kier alpha value is -1.37. The van der Waals surface area contributed by atoms with Crippen molar-refractivity contribution in [3.05, 3.63) is 71.0 Å². The molecule has 0 unspecified atom stereocenters. The van der Waals surface area contributed by atoms with E-state index in [-0.39, 0.29) is 11.6 Å². The average Bonchev–Trinajstić information content (AvgIpc) is 2.48. The molecule has 2 rings (SSSR count). The SMILES string of the molecule is Cc1cccc(CS(=O)(=O)NCCSCc2ccccc2F)c1. The zero-order chi connectivity index (χ0) is 16.7. The molecule has 6 heteroatoms. The number of hydrogen-bond acceptors (Lipinski definition) is 3. The van der Waals surface area contributed by atoms with Gasteiger partial charge in [-0.1, -0.05) is 48.0 Å². The van der Waals surface area contributed by atoms with Crippen molar-refractivity contribution in [3.8, 4) is 0 Å². The minimum Gasteiger partial charge on any atom is -0.214 e. The largest absolute Gasteiger partial charge is 0.215 e. The van der Waals surface area contributed by atoms with Gasteiger partial charge < -0.3 is 0 Å². The first kappa shape index (κ1) is 18.0. The summed E-state index contributed by atoms with van der Waals surface area (Å²) in [7, 11) is -3.34. The molecule has 2 aromatic carbocycles. The topological polar surface area (TPSA) is 46.2 Å². The quantitative estimate of drug-likeness (QED) is 0.739. The summed E-state index contributed by atoms with van der Waals surface area (Å²) in [5.41, 5.74) is 2.45. The third kappa shape index (κ3) is 6.33. The van der Waals surface area contributed by atoms with Crippen molar-refractivity contribution in [2.75, 3.05) is 12.3 Å². The molecule has 1 N–H and O–H groups in total. The van der Waals surface area contributed by atoms with Crippen LogP contribution < -0.4 is 4.72 Å². The van der Waals surface area contributed by atoms with Gasteiger partial charge in [-0.3, -0.25) is 0 Å². The molecule has 0 radical (unpaired) electrons. The van der Waals surface area contributed by atoms with Gasteiger partial charge in [0, 0.05) is 18.1 Å². The first-order chi connectivity index (χ1) is 11.0. The molecule has 0 aliphatic heterocycles. The minimum atomic E-state index is -3.34. The third-order valence-electron chi connectivity index (χ3n) is 3.22. The molecule has 0 saturated heterocycles. The standard InChI is InChI=1S/C17H20FNO2S2/c1-14-5-4-6-15(11-14)13-23(20,21)19-9-10-22-12-16-7-2-3-8-17(16)18/h2-8,11,19H,9-10,12-13H2,1H3. The Morgan fingerprint density at radius 2 is 1.91 bits per heavy atom. The monoisotopic (exact) mass is 353 g/mol. The highest BCUT2D eigenvalue weighted by atomic mass is 32.2. The fraction of sp³-hybridized carbons (Fsp3) is 0.294. The highest BCUT2D eigenvalue weighted by Gasteiger charge is 2.11. The Morgan fingerprint density at radius 1 is 1.13 bits per heavy atom. The second-order valence-electron chi connectivity index (χ2n) is 5.29. The van der Waals surface area contributed by atoms with Gasteiger partial charge >= 0.3 is 0 Å². The second-order valence-corrected chi connectivity index (χ2v) is 8.20. The summed E-state index contributed by atoms with van der Waals surface area (Å²) in [6, 6.07) is 14.1. The molecule has 3 nitrogen and oxygen atoms in total. The van der Waals surface area contributed by atoms with Crippen LogP contribution in [0.4, 0.5) is 4.39 Å². The maximum atomic E-state index is 13.4. The number of aryl methyl sites for hydroxylation is 1. The van der Waals surface area contributed by atoms with Crippen LogP contribution in [-0.2, 0) is 21.5 Å². The molecule has 124 valence electrons. The summed E-state index contributed by atoms with van der Waals surface area (Å²) >= 11 is 1.50. The molecular formula is C17H20FNO2S2. The summed E-state index contributed by atoms with van der Waals surface area (Å²) in [5, 5.41) is 0. The predicted octanol–water partition coefficient (Wildman–Crippen LogP) is 3.49. The van der Waals surface area contributed by atoms with Gasteiger partial charge in [-0.2, -0.15) is 11.8 Å². The lowest BCUT2D eigenvalue weighted by Crippen LogP contribution is -2.27. The highest BCUT2D eigenvalue weighted by Crippen LogP contribution is 2.15. The van der Waals surface area contributed by atoms with Crippen molar-refractivity contribution in [3.63, 3.8) is 0 Å². The second kappa shape index (κ2) is 8.47. The zero-order valence-corrected chi connectivity index (χ0v) is 14.6. The molecule has 0 atom stereocenters. The summed E-state index contributed by atoms with van der Waals surface area (Å²) in [6.45, 7) is 2.27. The Balaban J connectivity index is 1.74. The molecule has 0 bridgehead atoms. The number of hydrogen-bond donors (Lipinski definition) is 1. The Morgan fingerprint density at radius 3 is 2.65 bits per heavy atom. The average molecular weight is 353 g/mol. The van der Waals surface area contributed by atoms with Crippen molar-refractivity contribution in [2.45, 2.75) is 18.4 Å². The van der Waals surface area contributed by atoms with E-state index in [2.05, 4.69) is 4.72 Å². The van der Waals surface area contributed by atoms with Crippen LogP contribution in [0.3, 0.4) is 0 Å². The third-order valence-corrected chi connectivity index (χ3v) is 5.59. The summed E-state index contributed by atoms with van der Waals surface area (Å²) in [4.78, 5) is 0. The van der Waals surface area contributed by atoms with Crippen LogP contribution in [-0.4, -0.2) is 20.7 Å². The maximum Gasteiger partial charge on any atom is 0.215 e. The molecule has 23 heavy (non-hydrogen) atoms. The van der Waals surface area contributed by atoms with E-state index in [1.54, 1.807) is 24.3 Å². The lowest BCUT2D eigenvalue weighted by molar-refractivity contribution is 0.583. The van der Waals surface area contributed by atoms with Crippen molar-refractivity contribution in [2.24, 2.45) is 0 Å². The van der Waals surface area contributed by atoms with Crippen LogP contribution >= 0.6 is 11.8 Å². The van der Waals surface area contributed by atoms with Gasteiger partial charge in [0.05, 0.1) is 5.75 Å². The summed E-state index contributed by atoms with van der Waals surface area (Å²) in [5.74, 6) is 0.889. The molecule has 2 aromatic rings. The molecule has 0 saturated carbocycles. The van der Waals surface area contributed by atoms with Gasteiger partial charge in [0.2, 0.25) is 10.0 Å². The number of nitrogens with one attached hydrogen (secondary N) is 1. The number of rotatable bonds is 8. The van der Waals surface area contributed by atoms with Crippen LogP contribution in [0, 0.1) is 12.7 Å². The molecule has 0 aromatic heterocycles. The van der Waals surface area contributed by atoms with Crippen molar-refractivity contribution >= 4 is 21.8 Å². The molecule has 0 amide bonds. The van der Waals surface area contributed by atoms with Gasteiger partial charge in [-0.25, -0.2) is 17.5 Å². The van der Waals surface area contributed by atoms with Crippen molar-refractivity contribution in [1.82, 2.24) is 4.72 Å². The number of thioether (sulfide) groups is 1. The first-order valence-electron chi connectivity index (χ1n) is 7.30. The molecule has 0 fully saturated rings. The first-order valence-corrected chi connectivity index (χ1v) is 10.1. The van der Waals surface area contributed by atoms with E-state index in [0.717, 1.165) is 11.1 Å². The lowest BCUT2D eigenvalue weighted by atomic mass is 10.2. The minimum absolute atomic E-state index is 0.0212. The van der Waals surface area contributed by atoms with Gasteiger partial charge in [0.25, 0.3) is 0 Å². The molecule has 0 aliphatic carbocycles. The molecule has 0 aliphatic rings. The number of sulfonamides is 1. The Labute approximate surface area is 141 Å². The van der Waals surface area contributed by atoms with E-state index < -0.39 is 10.0 Å². The van der Waals surface area contributed by atoms with E-state index in [0.29, 0.717) is 23.6 Å². The predicted molar refractivity (Wildman–Crippen MR) is 94.4 cm³/mol. The smallest absolute Gasteiger partial charge is 0.214 e. The van der Waals surface area contributed by atoms with Gasteiger partial charge in [0.1, 0.15) is 5.82 Å². The number of halogens is 1. The highest BCUT2D eigenvalue weighted by molar-refractivity contribution is 7.98. The van der Waals surface area contributed by atoms with E-state index >= 15 is 0 Å². The van der Waals surface area contributed by atoms with E-state index in [1.807, 2.05) is 25.1 Å². The fourth-order valence-electron chi connectivity index (χ4n) is 2.14. The van der Waals surface area contributed by atoms with Crippen LogP contribution in [0.5, 0.6) is 0 Å². The van der Waals surface area contributed by atoms with Crippen LogP contribution in [0.15, 0.2) is 48.5 Å². The fourth-order valence-corrected chi connectivity index (χ4v) is 4.25. The van der Waals surface area contributed by atoms with E-state index in [4.69, 9.17) is 0 Å². The van der Waals surface area contributed by atoms with Crippen molar-refractivity contribution < 1.29 is 12.8 Å². The molecule has 0 spiro atoms. The lowest BCUT2D eigenvalue weighted by Gasteiger charge is -2.08. The van der Waals surface area contributed by atoms with Gasteiger partial charge in [-0.05, 0) is 24.1 Å². The van der Waals surface area contributed by atoms with Crippen LogP contribution in [0.1, 0.15) is 16.7 Å². The molecular weight excluding hydrogens is 333 g/mol. The van der Waals surface area contributed by atoms with Crippen LogP contribution in [0.25, 0.3) is 0 Å². The van der Waals surface area contributed by atoms with Crippen molar-refractivity contribution in [1.29, 1.82) is 0 Å². The summed E-state index contributed by atoms with van der Waals surface area (Å²) in [6.07, 6.45) is 0. The molecule has 0 heterocycles.